The highest BCUT2D eigenvalue weighted by molar-refractivity contribution is 5.70. The van der Waals surface area contributed by atoms with Crippen molar-refractivity contribution < 1.29 is 9.84 Å². The van der Waals surface area contributed by atoms with Crippen LogP contribution in [-0.4, -0.2) is 12.2 Å². The monoisotopic (exact) mass is 218 g/mol. The van der Waals surface area contributed by atoms with Gasteiger partial charge < -0.3 is 9.84 Å². The third kappa shape index (κ3) is 2.40. The molecule has 1 atom stereocenters. The lowest BCUT2D eigenvalue weighted by molar-refractivity contribution is -0.0769. The summed E-state index contributed by atoms with van der Waals surface area (Å²) in [5.41, 5.74) is 4.83. The molecule has 0 amide bonds. The fourth-order valence-electron chi connectivity index (χ4n) is 1.69. The summed E-state index contributed by atoms with van der Waals surface area (Å²) in [6.45, 7) is 11.7. The predicted molar refractivity (Wildman–Crippen MR) is 67.9 cm³/mol. The largest absolute Gasteiger partial charge is 0.364 e. The molecule has 2 nitrogen and oxygen atoms in total. The summed E-state index contributed by atoms with van der Waals surface area (Å²) in [6.07, 6.45) is 0.866. The van der Waals surface area contributed by atoms with Gasteiger partial charge in [-0.25, -0.2) is 0 Å². The van der Waals surface area contributed by atoms with Gasteiger partial charge in [0, 0.05) is 12.7 Å². The van der Waals surface area contributed by atoms with E-state index in [1.54, 1.807) is 6.08 Å². The Kier molecular flexibility index (Phi) is 4.05. The molecule has 0 aromatic heterocycles. The molecule has 0 aliphatic heterocycles. The fourth-order valence-corrected chi connectivity index (χ4v) is 1.69. The van der Waals surface area contributed by atoms with Crippen LogP contribution in [0.1, 0.15) is 35.5 Å². The maximum absolute atomic E-state index is 9.66. The van der Waals surface area contributed by atoms with Crippen LogP contribution < -0.4 is 0 Å². The predicted octanol–water partition coefficient (Wildman–Crippen LogP) is 3.31. The average molecular weight is 218 g/mol. The van der Waals surface area contributed by atoms with Crippen molar-refractivity contribution in [3.05, 3.63) is 47.5 Å². The van der Waals surface area contributed by atoms with E-state index in [1.807, 2.05) is 26.0 Å². The first-order valence-corrected chi connectivity index (χ1v) is 5.15. The number of hydrogen-bond donors (Lipinski definition) is 1. The van der Waals surface area contributed by atoms with E-state index >= 15 is 0 Å². The van der Waals surface area contributed by atoms with Crippen molar-refractivity contribution in [1.29, 1.82) is 0 Å². The van der Waals surface area contributed by atoms with Crippen LogP contribution >= 0.6 is 0 Å². The van der Waals surface area contributed by atoms with E-state index < -0.39 is 6.29 Å². The SMILES string of the molecule is C=Cc1cc(C(O)OC)cc(C(=C)C)c1C. The molecule has 1 aromatic carbocycles. The molecule has 0 fully saturated rings. The van der Waals surface area contributed by atoms with Gasteiger partial charge in [0.15, 0.2) is 6.29 Å². The maximum Gasteiger partial charge on any atom is 0.180 e. The summed E-state index contributed by atoms with van der Waals surface area (Å²) in [5.74, 6) is 0. The highest BCUT2D eigenvalue weighted by atomic mass is 16.6. The van der Waals surface area contributed by atoms with Gasteiger partial charge in [0.05, 0.1) is 0 Å². The quantitative estimate of drug-likeness (QED) is 0.786. The van der Waals surface area contributed by atoms with Gasteiger partial charge in [-0.3, -0.25) is 0 Å². The first kappa shape index (κ1) is 12.7. The Bertz CT molecular complexity index is 419. The third-order valence-electron chi connectivity index (χ3n) is 2.66. The zero-order valence-electron chi connectivity index (χ0n) is 10.1. The number of aliphatic hydroxyl groups is 1. The Balaban J connectivity index is 3.39. The average Bonchev–Trinajstić information content (AvgIpc) is 2.27. The minimum absolute atomic E-state index is 0.723. The van der Waals surface area contributed by atoms with Crippen LogP contribution in [0.25, 0.3) is 11.6 Å². The van der Waals surface area contributed by atoms with Gasteiger partial charge in [-0.2, -0.15) is 0 Å². The van der Waals surface area contributed by atoms with E-state index in [0.717, 1.165) is 27.8 Å². The topological polar surface area (TPSA) is 29.5 Å². The molecule has 0 aliphatic carbocycles. The molecule has 0 bridgehead atoms. The number of hydrogen-bond acceptors (Lipinski definition) is 2. The number of aliphatic hydroxyl groups excluding tert-OH is 1. The first-order valence-electron chi connectivity index (χ1n) is 5.15. The summed E-state index contributed by atoms with van der Waals surface area (Å²) in [7, 11) is 1.47. The number of methoxy groups -OCH3 is 1. The number of benzene rings is 1. The smallest absolute Gasteiger partial charge is 0.180 e. The van der Waals surface area contributed by atoms with Gasteiger partial charge in [-0.15, -0.1) is 0 Å². The van der Waals surface area contributed by atoms with Crippen molar-refractivity contribution >= 4 is 11.6 Å². The van der Waals surface area contributed by atoms with Crippen LogP contribution in [0.4, 0.5) is 0 Å². The molecule has 1 aromatic rings. The van der Waals surface area contributed by atoms with Gasteiger partial charge in [0.25, 0.3) is 0 Å². The molecule has 0 heterocycles. The summed E-state index contributed by atoms with van der Waals surface area (Å²) in [6, 6.07) is 3.78. The van der Waals surface area contributed by atoms with Crippen LogP contribution in [0, 0.1) is 6.92 Å². The molecular weight excluding hydrogens is 200 g/mol. The second-order valence-corrected chi connectivity index (χ2v) is 3.86. The van der Waals surface area contributed by atoms with Gasteiger partial charge >= 0.3 is 0 Å². The van der Waals surface area contributed by atoms with Crippen LogP contribution in [0.5, 0.6) is 0 Å². The number of ether oxygens (including phenoxy) is 1. The zero-order valence-corrected chi connectivity index (χ0v) is 10.1. The van der Waals surface area contributed by atoms with E-state index in [1.165, 1.54) is 7.11 Å². The lowest BCUT2D eigenvalue weighted by Gasteiger charge is -2.15. The van der Waals surface area contributed by atoms with E-state index in [2.05, 4.69) is 13.2 Å². The van der Waals surface area contributed by atoms with Crippen LogP contribution in [-0.2, 0) is 4.74 Å². The molecule has 1 unspecified atom stereocenters. The van der Waals surface area contributed by atoms with Crippen LogP contribution in [0.2, 0.25) is 0 Å². The summed E-state index contributed by atoms with van der Waals surface area (Å²) < 4.78 is 4.90. The Hall–Kier alpha value is -1.38. The lowest BCUT2D eigenvalue weighted by Crippen LogP contribution is -2.02. The van der Waals surface area contributed by atoms with Gasteiger partial charge in [0.2, 0.25) is 0 Å². The Morgan fingerprint density at radius 1 is 1.50 bits per heavy atom. The maximum atomic E-state index is 9.66. The molecule has 1 N–H and O–H groups in total. The minimum Gasteiger partial charge on any atom is -0.364 e. The molecule has 86 valence electrons. The van der Waals surface area contributed by atoms with Gasteiger partial charge in [-0.05, 0) is 42.7 Å². The normalized spacial score (nSPS) is 12.2. The van der Waals surface area contributed by atoms with Gasteiger partial charge in [-0.1, -0.05) is 24.8 Å². The van der Waals surface area contributed by atoms with Crippen molar-refractivity contribution in [1.82, 2.24) is 0 Å². The summed E-state index contributed by atoms with van der Waals surface area (Å²) in [5, 5.41) is 9.66. The van der Waals surface area contributed by atoms with E-state index in [-0.39, 0.29) is 0 Å². The van der Waals surface area contributed by atoms with Crippen molar-refractivity contribution in [3.63, 3.8) is 0 Å². The van der Waals surface area contributed by atoms with Crippen molar-refractivity contribution in [3.8, 4) is 0 Å². The highest BCUT2D eigenvalue weighted by Crippen LogP contribution is 2.26. The lowest BCUT2D eigenvalue weighted by atomic mass is 9.95. The standard InChI is InChI=1S/C14H18O2/c1-6-11-7-12(14(15)16-5)8-13(9(2)3)10(11)4/h6-8,14-15H,1-2H2,3-5H3. The minimum atomic E-state index is -0.905. The summed E-state index contributed by atoms with van der Waals surface area (Å²) in [4.78, 5) is 0. The first-order chi connectivity index (χ1) is 7.51. The van der Waals surface area contributed by atoms with Gasteiger partial charge in [0.1, 0.15) is 0 Å². The third-order valence-corrected chi connectivity index (χ3v) is 2.66. The Morgan fingerprint density at radius 3 is 2.56 bits per heavy atom. The zero-order chi connectivity index (χ0) is 12.3. The molecule has 0 radical (unpaired) electrons. The fraction of sp³-hybridized carbons (Fsp3) is 0.286. The molecule has 2 heteroatoms. The number of allylic oxidation sites excluding steroid dienone is 1. The summed E-state index contributed by atoms with van der Waals surface area (Å²) >= 11 is 0. The second kappa shape index (κ2) is 5.10. The molecular formula is C14H18O2. The van der Waals surface area contributed by atoms with Crippen molar-refractivity contribution in [2.75, 3.05) is 7.11 Å². The van der Waals surface area contributed by atoms with Crippen LogP contribution in [0.15, 0.2) is 25.3 Å². The highest BCUT2D eigenvalue weighted by Gasteiger charge is 2.11. The van der Waals surface area contributed by atoms with Crippen LogP contribution in [0.3, 0.4) is 0 Å². The Morgan fingerprint density at radius 2 is 2.12 bits per heavy atom. The molecule has 0 spiro atoms. The molecule has 0 aliphatic rings. The van der Waals surface area contributed by atoms with Crippen molar-refractivity contribution in [2.45, 2.75) is 20.1 Å². The van der Waals surface area contributed by atoms with E-state index in [0.29, 0.717) is 0 Å². The van der Waals surface area contributed by atoms with Crippen molar-refractivity contribution in [2.24, 2.45) is 0 Å². The van der Waals surface area contributed by atoms with E-state index in [4.69, 9.17) is 4.74 Å². The second-order valence-electron chi connectivity index (χ2n) is 3.86. The van der Waals surface area contributed by atoms with E-state index in [9.17, 15) is 5.11 Å². The molecule has 0 saturated heterocycles. The molecule has 1 rings (SSSR count). The molecule has 0 saturated carbocycles. The molecule has 16 heavy (non-hydrogen) atoms. The number of rotatable bonds is 4. The Labute approximate surface area is 96.9 Å².